The topological polar surface area (TPSA) is 113 Å². The van der Waals surface area contributed by atoms with Crippen molar-refractivity contribution < 1.29 is 14.7 Å². The van der Waals surface area contributed by atoms with E-state index in [1.807, 2.05) is 42.4 Å². The number of fused-ring (bicyclic) bond motifs is 1. The van der Waals surface area contributed by atoms with Crippen LogP contribution < -0.4 is 5.32 Å². The lowest BCUT2D eigenvalue weighted by molar-refractivity contribution is -0.138. The lowest BCUT2D eigenvalue weighted by Gasteiger charge is -2.29. The molecule has 1 aromatic carbocycles. The molecule has 9 heteroatoms. The van der Waals surface area contributed by atoms with Crippen LogP contribution in [-0.2, 0) is 16.6 Å². The van der Waals surface area contributed by atoms with E-state index in [0.29, 0.717) is 31.7 Å². The molecule has 3 heterocycles. The van der Waals surface area contributed by atoms with Crippen LogP contribution in [0.3, 0.4) is 0 Å². The van der Waals surface area contributed by atoms with Crippen molar-refractivity contribution in [2.75, 3.05) is 25.0 Å². The molecule has 2 N–H and O–H groups in total. The van der Waals surface area contributed by atoms with Gasteiger partial charge in [-0.3, -0.25) is 19.2 Å². The number of amides is 1. The first-order valence-corrected chi connectivity index (χ1v) is 9.49. The number of aliphatic carboxylic acids is 1. The molecule has 0 unspecified atom stereocenters. The zero-order valence-electron chi connectivity index (χ0n) is 16.1. The number of rotatable bonds is 5. The minimum atomic E-state index is -0.843. The van der Waals surface area contributed by atoms with Gasteiger partial charge in [-0.15, -0.1) is 10.2 Å². The van der Waals surface area contributed by atoms with Gasteiger partial charge in [0.15, 0.2) is 5.82 Å². The molecule has 0 saturated carbocycles. The summed E-state index contributed by atoms with van der Waals surface area (Å²) in [7, 11) is 1.87. The SMILES string of the molecule is Cn1cc(-c2ccc3nnc(NC(=O)C4CCN(CC(=O)O)CC4)cc3c2)cn1. The van der Waals surface area contributed by atoms with Crippen LogP contribution in [0.25, 0.3) is 22.0 Å². The van der Waals surface area contributed by atoms with Gasteiger partial charge in [-0.05, 0) is 49.7 Å². The van der Waals surface area contributed by atoms with Gasteiger partial charge in [0.1, 0.15) is 0 Å². The molecule has 0 aliphatic carbocycles. The van der Waals surface area contributed by atoms with Crippen LogP contribution in [0.2, 0.25) is 0 Å². The van der Waals surface area contributed by atoms with E-state index in [0.717, 1.165) is 22.0 Å². The fourth-order valence-corrected chi connectivity index (χ4v) is 3.63. The zero-order chi connectivity index (χ0) is 20.4. The number of hydrogen-bond acceptors (Lipinski definition) is 6. The van der Waals surface area contributed by atoms with Crippen molar-refractivity contribution in [1.29, 1.82) is 0 Å². The van der Waals surface area contributed by atoms with E-state index < -0.39 is 5.97 Å². The molecule has 1 saturated heterocycles. The van der Waals surface area contributed by atoms with Crippen LogP contribution in [0.1, 0.15) is 12.8 Å². The first-order valence-electron chi connectivity index (χ1n) is 9.49. The summed E-state index contributed by atoms with van der Waals surface area (Å²) in [6, 6.07) is 7.69. The Kier molecular flexibility index (Phi) is 5.22. The average molecular weight is 394 g/mol. The van der Waals surface area contributed by atoms with Crippen LogP contribution in [-0.4, -0.2) is 61.5 Å². The summed E-state index contributed by atoms with van der Waals surface area (Å²) < 4.78 is 1.75. The fraction of sp³-hybridized carbons (Fsp3) is 0.350. The Morgan fingerprint density at radius 2 is 1.97 bits per heavy atom. The van der Waals surface area contributed by atoms with Crippen LogP contribution >= 0.6 is 0 Å². The standard InChI is InChI=1S/C20H22N6O3/c1-25-11-16(10-21-25)14-2-3-17-15(8-14)9-18(24-23-17)22-20(29)13-4-6-26(7-5-13)12-19(27)28/h2-3,8-11,13H,4-7,12H2,1H3,(H,27,28)(H,22,24,29). The van der Waals surface area contributed by atoms with Crippen molar-refractivity contribution in [3.63, 3.8) is 0 Å². The van der Waals surface area contributed by atoms with Gasteiger partial charge in [0.2, 0.25) is 5.91 Å². The first-order chi connectivity index (χ1) is 14.0. The molecule has 150 valence electrons. The molecule has 1 amide bonds. The highest BCUT2D eigenvalue weighted by molar-refractivity contribution is 5.94. The van der Waals surface area contributed by atoms with E-state index in [-0.39, 0.29) is 18.4 Å². The summed E-state index contributed by atoms with van der Waals surface area (Å²) in [6.45, 7) is 1.22. The molecule has 3 aromatic rings. The normalized spacial score (nSPS) is 15.5. The van der Waals surface area contributed by atoms with Gasteiger partial charge < -0.3 is 10.4 Å². The van der Waals surface area contributed by atoms with Gasteiger partial charge in [0.05, 0.1) is 18.3 Å². The quantitative estimate of drug-likeness (QED) is 0.678. The van der Waals surface area contributed by atoms with Gasteiger partial charge in [0, 0.05) is 30.1 Å². The van der Waals surface area contributed by atoms with Gasteiger partial charge in [0.25, 0.3) is 0 Å². The van der Waals surface area contributed by atoms with Crippen molar-refractivity contribution in [3.8, 4) is 11.1 Å². The third-order valence-corrected chi connectivity index (χ3v) is 5.19. The maximum Gasteiger partial charge on any atom is 0.317 e. The number of anilines is 1. The summed E-state index contributed by atoms with van der Waals surface area (Å²) in [5.74, 6) is -0.680. The Morgan fingerprint density at radius 1 is 1.17 bits per heavy atom. The first kappa shape index (κ1) is 19.0. The van der Waals surface area contributed by atoms with E-state index in [4.69, 9.17) is 5.11 Å². The summed E-state index contributed by atoms with van der Waals surface area (Å²) in [5.41, 5.74) is 2.77. The Balaban J connectivity index is 1.45. The predicted molar refractivity (Wildman–Crippen MR) is 107 cm³/mol. The minimum Gasteiger partial charge on any atom is -0.480 e. The maximum atomic E-state index is 12.6. The average Bonchev–Trinajstić information content (AvgIpc) is 3.14. The van der Waals surface area contributed by atoms with Crippen LogP contribution in [0.15, 0.2) is 36.7 Å². The molecule has 0 atom stereocenters. The Labute approximate surface area is 167 Å². The lowest BCUT2D eigenvalue weighted by Crippen LogP contribution is -2.40. The summed E-state index contributed by atoms with van der Waals surface area (Å²) in [4.78, 5) is 25.3. The number of nitrogens with one attached hydrogen (secondary N) is 1. The highest BCUT2D eigenvalue weighted by Gasteiger charge is 2.26. The molecule has 29 heavy (non-hydrogen) atoms. The number of hydrogen-bond donors (Lipinski definition) is 2. The molecule has 2 aromatic heterocycles. The van der Waals surface area contributed by atoms with E-state index in [1.165, 1.54) is 0 Å². The van der Waals surface area contributed by atoms with E-state index >= 15 is 0 Å². The maximum absolute atomic E-state index is 12.6. The number of likely N-dealkylation sites (tertiary alicyclic amines) is 1. The third kappa shape index (κ3) is 4.40. The highest BCUT2D eigenvalue weighted by Crippen LogP contribution is 2.25. The Bertz CT molecular complexity index is 1060. The second-order valence-corrected chi connectivity index (χ2v) is 7.34. The second kappa shape index (κ2) is 7.96. The fourth-order valence-electron chi connectivity index (χ4n) is 3.63. The second-order valence-electron chi connectivity index (χ2n) is 7.34. The molecule has 0 spiro atoms. The number of carbonyl (C=O) groups is 2. The van der Waals surface area contributed by atoms with E-state index in [9.17, 15) is 9.59 Å². The number of carboxylic acids is 1. The molecule has 1 aliphatic heterocycles. The van der Waals surface area contributed by atoms with E-state index in [1.54, 1.807) is 10.9 Å². The summed E-state index contributed by atoms with van der Waals surface area (Å²) in [6.07, 6.45) is 5.00. The van der Waals surface area contributed by atoms with Crippen molar-refractivity contribution in [2.45, 2.75) is 12.8 Å². The van der Waals surface area contributed by atoms with E-state index in [2.05, 4.69) is 20.6 Å². The van der Waals surface area contributed by atoms with Crippen molar-refractivity contribution >= 4 is 28.6 Å². The molecule has 1 aliphatic rings. The summed E-state index contributed by atoms with van der Waals surface area (Å²) >= 11 is 0. The number of nitrogens with zero attached hydrogens (tertiary/aromatic N) is 5. The van der Waals surface area contributed by atoms with Crippen molar-refractivity contribution in [2.24, 2.45) is 13.0 Å². The van der Waals surface area contributed by atoms with Gasteiger partial charge in [-0.2, -0.15) is 5.10 Å². The number of aromatic nitrogens is 4. The van der Waals surface area contributed by atoms with Crippen molar-refractivity contribution in [3.05, 3.63) is 36.7 Å². The van der Waals surface area contributed by atoms with Crippen molar-refractivity contribution in [1.82, 2.24) is 24.9 Å². The van der Waals surface area contributed by atoms with Gasteiger partial charge in [-0.1, -0.05) is 6.07 Å². The highest BCUT2D eigenvalue weighted by atomic mass is 16.4. The number of carbonyl (C=O) groups excluding carboxylic acids is 1. The Morgan fingerprint density at radius 3 is 2.66 bits per heavy atom. The number of piperidine rings is 1. The van der Waals surface area contributed by atoms with Crippen LogP contribution in [0, 0.1) is 5.92 Å². The monoisotopic (exact) mass is 394 g/mol. The van der Waals surface area contributed by atoms with Gasteiger partial charge in [-0.25, -0.2) is 0 Å². The molecule has 9 nitrogen and oxygen atoms in total. The van der Waals surface area contributed by atoms with Crippen LogP contribution in [0.4, 0.5) is 5.82 Å². The van der Waals surface area contributed by atoms with Gasteiger partial charge >= 0.3 is 5.97 Å². The summed E-state index contributed by atoms with van der Waals surface area (Å²) in [5, 5.41) is 25.1. The third-order valence-electron chi connectivity index (χ3n) is 5.19. The Hall–Kier alpha value is -3.33. The smallest absolute Gasteiger partial charge is 0.317 e. The molecule has 1 fully saturated rings. The molecule has 0 radical (unpaired) electrons. The predicted octanol–water partition coefficient (Wildman–Crippen LogP) is 1.77. The zero-order valence-corrected chi connectivity index (χ0v) is 16.1. The van der Waals surface area contributed by atoms with Crippen LogP contribution in [0.5, 0.6) is 0 Å². The molecule has 4 rings (SSSR count). The number of aryl methyl sites for hydroxylation is 1. The molecule has 0 bridgehead atoms. The largest absolute Gasteiger partial charge is 0.480 e. The molecular formula is C20H22N6O3. The lowest BCUT2D eigenvalue weighted by atomic mass is 9.96. The molecular weight excluding hydrogens is 372 g/mol. The minimum absolute atomic E-state index is 0.0176. The number of carboxylic acid groups (broad SMARTS) is 1. The number of benzene rings is 1.